The number of carbonyl (C=O) groups excluding carboxylic acids is 3. The second-order valence-electron chi connectivity index (χ2n) is 6.02. The van der Waals surface area contributed by atoms with Crippen LogP contribution in [0, 0.1) is 0 Å². The normalized spacial score (nSPS) is 16.4. The molecule has 0 radical (unpaired) electrons. The smallest absolute Gasteiger partial charge is 0.328 e. The molecule has 1 saturated heterocycles. The van der Waals surface area contributed by atoms with Crippen LogP contribution in [0.5, 0.6) is 0 Å². The fourth-order valence-corrected chi connectivity index (χ4v) is 2.91. The Hall–Kier alpha value is -2.12. The number of likely N-dealkylation sites (tertiary alicyclic amines) is 1. The molecule has 0 spiro atoms. The largest absolute Gasteiger partial charge is 0.467 e. The van der Waals surface area contributed by atoms with Crippen molar-refractivity contribution in [2.75, 3.05) is 32.6 Å². The molecule has 1 unspecified atom stereocenters. The van der Waals surface area contributed by atoms with Crippen LogP contribution in [-0.4, -0.2) is 56.0 Å². The third kappa shape index (κ3) is 5.71. The van der Waals surface area contributed by atoms with Gasteiger partial charge in [0.25, 0.3) is 5.91 Å². The second kappa shape index (κ2) is 10.8. The number of hydrogen-bond acceptors (Lipinski definition) is 5. The Bertz CT molecular complexity index is 639. The number of hydrogen-bond donors (Lipinski definition) is 2. The van der Waals surface area contributed by atoms with Gasteiger partial charge in [0.2, 0.25) is 5.91 Å². The number of methoxy groups -OCH3 is 1. The molecule has 0 aromatic heterocycles. The molecule has 7 nitrogen and oxygen atoms in total. The molecule has 26 heavy (non-hydrogen) atoms. The Morgan fingerprint density at radius 1 is 1.27 bits per heavy atom. The predicted octanol–water partition coefficient (Wildman–Crippen LogP) is 1.82. The predicted molar refractivity (Wildman–Crippen MR) is 102 cm³/mol. The highest BCUT2D eigenvalue weighted by Gasteiger charge is 2.33. The number of ether oxygens (including phenoxy) is 1. The number of nitrogens with one attached hydrogen (secondary N) is 2. The Kier molecular flexibility index (Phi) is 9.09. The van der Waals surface area contributed by atoms with Gasteiger partial charge in [0.15, 0.2) is 0 Å². The SMILES string of the molecule is CNCCC(=O)Nc1cccc(C(=O)N2CCCCC2C(=O)OC)c1.Cl. The fourth-order valence-electron chi connectivity index (χ4n) is 2.91. The van der Waals surface area contributed by atoms with Gasteiger partial charge in [0.1, 0.15) is 6.04 Å². The minimum Gasteiger partial charge on any atom is -0.467 e. The third-order valence-electron chi connectivity index (χ3n) is 4.23. The molecule has 0 saturated carbocycles. The van der Waals surface area contributed by atoms with Crippen molar-refractivity contribution in [3.05, 3.63) is 29.8 Å². The van der Waals surface area contributed by atoms with E-state index >= 15 is 0 Å². The zero-order valence-corrected chi connectivity index (χ0v) is 15.9. The molecule has 2 amide bonds. The maximum absolute atomic E-state index is 12.8. The van der Waals surface area contributed by atoms with Crippen molar-refractivity contribution in [2.45, 2.75) is 31.7 Å². The molecule has 1 atom stereocenters. The molecule has 1 aromatic rings. The Morgan fingerprint density at radius 3 is 2.73 bits per heavy atom. The van der Waals surface area contributed by atoms with Crippen LogP contribution < -0.4 is 10.6 Å². The summed E-state index contributed by atoms with van der Waals surface area (Å²) in [6, 6.07) is 6.25. The lowest BCUT2D eigenvalue weighted by atomic mass is 10.0. The molecule has 0 bridgehead atoms. The number of nitrogens with zero attached hydrogens (tertiary/aromatic N) is 1. The van der Waals surface area contributed by atoms with Crippen LogP contribution in [-0.2, 0) is 14.3 Å². The van der Waals surface area contributed by atoms with Gasteiger partial charge in [-0.25, -0.2) is 4.79 Å². The molecule has 8 heteroatoms. The number of amides is 2. The average molecular weight is 384 g/mol. The minimum atomic E-state index is -0.542. The van der Waals surface area contributed by atoms with E-state index in [2.05, 4.69) is 10.6 Å². The van der Waals surface area contributed by atoms with Crippen LogP contribution in [0.3, 0.4) is 0 Å². The quantitative estimate of drug-likeness (QED) is 0.731. The summed E-state index contributed by atoms with van der Waals surface area (Å²) in [6.45, 7) is 1.11. The summed E-state index contributed by atoms with van der Waals surface area (Å²) in [5.74, 6) is -0.727. The Labute approximate surface area is 159 Å². The number of esters is 1. The van der Waals surface area contributed by atoms with E-state index in [4.69, 9.17) is 4.74 Å². The van der Waals surface area contributed by atoms with Crippen LogP contribution in [0.25, 0.3) is 0 Å². The maximum Gasteiger partial charge on any atom is 0.328 e. The Balaban J connectivity index is 0.00000338. The lowest BCUT2D eigenvalue weighted by molar-refractivity contribution is -0.147. The second-order valence-corrected chi connectivity index (χ2v) is 6.02. The van der Waals surface area contributed by atoms with Crippen molar-refractivity contribution in [3.8, 4) is 0 Å². The van der Waals surface area contributed by atoms with E-state index in [0.717, 1.165) is 12.8 Å². The van der Waals surface area contributed by atoms with Crippen LogP contribution in [0.1, 0.15) is 36.0 Å². The summed E-state index contributed by atoms with van der Waals surface area (Å²) < 4.78 is 4.82. The van der Waals surface area contributed by atoms with Crippen molar-refractivity contribution in [1.82, 2.24) is 10.2 Å². The molecule has 1 heterocycles. The molecule has 1 aliphatic heterocycles. The number of halogens is 1. The van der Waals surface area contributed by atoms with E-state index < -0.39 is 6.04 Å². The molecular weight excluding hydrogens is 358 g/mol. The van der Waals surface area contributed by atoms with E-state index in [1.807, 2.05) is 0 Å². The number of anilines is 1. The minimum absolute atomic E-state index is 0. The highest BCUT2D eigenvalue weighted by molar-refractivity contribution is 5.99. The first-order valence-electron chi connectivity index (χ1n) is 8.50. The first-order chi connectivity index (χ1) is 12.1. The average Bonchev–Trinajstić information content (AvgIpc) is 2.65. The third-order valence-corrected chi connectivity index (χ3v) is 4.23. The van der Waals surface area contributed by atoms with Crippen molar-refractivity contribution >= 4 is 35.9 Å². The van der Waals surface area contributed by atoms with E-state index in [1.165, 1.54) is 7.11 Å². The van der Waals surface area contributed by atoms with Crippen molar-refractivity contribution < 1.29 is 19.1 Å². The highest BCUT2D eigenvalue weighted by Crippen LogP contribution is 2.22. The summed E-state index contributed by atoms with van der Waals surface area (Å²) in [5.41, 5.74) is 1.01. The van der Waals surface area contributed by atoms with Crippen molar-refractivity contribution in [1.29, 1.82) is 0 Å². The van der Waals surface area contributed by atoms with Gasteiger partial charge in [-0.1, -0.05) is 6.07 Å². The van der Waals surface area contributed by atoms with E-state index in [9.17, 15) is 14.4 Å². The van der Waals surface area contributed by atoms with Crippen molar-refractivity contribution in [2.24, 2.45) is 0 Å². The van der Waals surface area contributed by atoms with E-state index in [1.54, 1.807) is 36.2 Å². The summed E-state index contributed by atoms with van der Waals surface area (Å²) in [7, 11) is 3.11. The van der Waals surface area contributed by atoms with Crippen molar-refractivity contribution in [3.63, 3.8) is 0 Å². The summed E-state index contributed by atoms with van der Waals surface area (Å²) in [4.78, 5) is 38.2. The van der Waals surface area contributed by atoms with Gasteiger partial charge in [-0.15, -0.1) is 12.4 Å². The van der Waals surface area contributed by atoms with Crippen LogP contribution in [0.4, 0.5) is 5.69 Å². The summed E-state index contributed by atoms with van der Waals surface area (Å²) >= 11 is 0. The number of rotatable bonds is 6. The van der Waals surface area contributed by atoms with E-state index in [-0.39, 0.29) is 30.2 Å². The summed E-state index contributed by atoms with van der Waals surface area (Å²) in [6.07, 6.45) is 2.72. The zero-order chi connectivity index (χ0) is 18.2. The lowest BCUT2D eigenvalue weighted by Crippen LogP contribution is -2.48. The zero-order valence-electron chi connectivity index (χ0n) is 15.1. The fraction of sp³-hybridized carbons (Fsp3) is 0.500. The molecule has 1 aliphatic rings. The van der Waals surface area contributed by atoms with Gasteiger partial charge < -0.3 is 20.3 Å². The Morgan fingerprint density at radius 2 is 2.04 bits per heavy atom. The van der Waals surface area contributed by atoms with Gasteiger partial charge in [-0.05, 0) is 44.5 Å². The van der Waals surface area contributed by atoms with E-state index in [0.29, 0.717) is 37.2 Å². The maximum atomic E-state index is 12.8. The van der Waals surface area contributed by atoms with Gasteiger partial charge in [-0.2, -0.15) is 0 Å². The first kappa shape index (κ1) is 21.9. The van der Waals surface area contributed by atoms with Crippen LogP contribution in [0.2, 0.25) is 0 Å². The molecule has 1 aromatic carbocycles. The molecule has 1 fully saturated rings. The molecule has 0 aliphatic carbocycles. The first-order valence-corrected chi connectivity index (χ1v) is 8.50. The number of carbonyl (C=O) groups is 3. The standard InChI is InChI=1S/C18H25N3O4.ClH/c1-19-10-9-16(22)20-14-7-5-6-13(12-14)17(23)21-11-4-3-8-15(21)18(24)25-2;/h5-7,12,15,19H,3-4,8-11H2,1-2H3,(H,20,22);1H. The van der Waals surface area contributed by atoms with Crippen LogP contribution >= 0.6 is 12.4 Å². The van der Waals surface area contributed by atoms with Gasteiger partial charge in [0, 0.05) is 30.8 Å². The molecular formula is C18H26ClN3O4. The lowest BCUT2D eigenvalue weighted by Gasteiger charge is -2.33. The monoisotopic (exact) mass is 383 g/mol. The molecule has 2 rings (SSSR count). The number of piperidine rings is 1. The van der Waals surface area contributed by atoms with Crippen LogP contribution in [0.15, 0.2) is 24.3 Å². The highest BCUT2D eigenvalue weighted by atomic mass is 35.5. The topological polar surface area (TPSA) is 87.7 Å². The molecule has 2 N–H and O–H groups in total. The number of benzene rings is 1. The van der Waals surface area contributed by atoms with Gasteiger partial charge in [-0.3, -0.25) is 9.59 Å². The van der Waals surface area contributed by atoms with Gasteiger partial charge >= 0.3 is 5.97 Å². The molecule has 144 valence electrons. The van der Waals surface area contributed by atoms with Gasteiger partial charge in [0.05, 0.1) is 7.11 Å². The summed E-state index contributed by atoms with van der Waals surface area (Å²) in [5, 5.41) is 5.69.